The van der Waals surface area contributed by atoms with Gasteiger partial charge in [0.1, 0.15) is 0 Å². The van der Waals surface area contributed by atoms with Crippen LogP contribution in [0.4, 0.5) is 0 Å². The van der Waals surface area contributed by atoms with Crippen molar-refractivity contribution in [2.45, 2.75) is 6.92 Å². The molecule has 0 aromatic heterocycles. The van der Waals surface area contributed by atoms with E-state index in [-0.39, 0.29) is 5.78 Å². The fourth-order valence-corrected chi connectivity index (χ4v) is 1.99. The topological polar surface area (TPSA) is 29.5 Å². The van der Waals surface area contributed by atoms with Crippen LogP contribution in [0.5, 0.6) is 0 Å². The molecule has 1 aliphatic heterocycles. The van der Waals surface area contributed by atoms with Gasteiger partial charge >= 0.3 is 0 Å². The third-order valence-corrected chi connectivity index (χ3v) is 3.37. The van der Waals surface area contributed by atoms with Gasteiger partial charge in [-0.05, 0) is 30.7 Å². The summed E-state index contributed by atoms with van der Waals surface area (Å²) in [4.78, 5) is 14.2. The van der Waals surface area contributed by atoms with Gasteiger partial charge in [0.25, 0.3) is 0 Å². The molecule has 0 bridgehead atoms. The van der Waals surface area contributed by atoms with Crippen molar-refractivity contribution in [3.05, 3.63) is 34.3 Å². The highest BCUT2D eigenvalue weighted by molar-refractivity contribution is 6.31. The number of morpholine rings is 1. The average Bonchev–Trinajstić information content (AvgIpc) is 2.34. The lowest BCUT2D eigenvalue weighted by atomic mass is 10.1. The van der Waals surface area contributed by atoms with Gasteiger partial charge in [0, 0.05) is 23.7 Å². The molecule has 0 amide bonds. The van der Waals surface area contributed by atoms with E-state index >= 15 is 0 Å². The predicted octanol–water partition coefficient (Wildman–Crippen LogP) is 2.16. The summed E-state index contributed by atoms with van der Waals surface area (Å²) in [6.45, 7) is 5.47. The minimum atomic E-state index is 0.145. The van der Waals surface area contributed by atoms with E-state index in [4.69, 9.17) is 16.3 Å². The van der Waals surface area contributed by atoms with Crippen molar-refractivity contribution in [2.24, 2.45) is 0 Å². The molecule has 1 aliphatic rings. The van der Waals surface area contributed by atoms with E-state index in [1.165, 1.54) is 0 Å². The van der Waals surface area contributed by atoms with Crippen LogP contribution < -0.4 is 0 Å². The molecule has 92 valence electrons. The Balaban J connectivity index is 2.01. The molecule has 0 atom stereocenters. The van der Waals surface area contributed by atoms with Gasteiger partial charge in [-0.1, -0.05) is 11.6 Å². The molecule has 0 spiro atoms. The standard InChI is InChI=1S/C13H16ClNO2/c1-10-8-11(2-3-12(10)14)13(16)9-15-4-6-17-7-5-15/h2-3,8H,4-7,9H2,1H3. The van der Waals surface area contributed by atoms with Crippen molar-refractivity contribution < 1.29 is 9.53 Å². The number of carbonyl (C=O) groups excluding carboxylic acids is 1. The molecule has 4 heteroatoms. The van der Waals surface area contributed by atoms with Crippen molar-refractivity contribution in [1.29, 1.82) is 0 Å². The number of halogens is 1. The summed E-state index contributed by atoms with van der Waals surface area (Å²) in [7, 11) is 0. The first-order chi connectivity index (χ1) is 8.16. The summed E-state index contributed by atoms with van der Waals surface area (Å²) in [5.74, 6) is 0.145. The molecule has 2 rings (SSSR count). The lowest BCUT2D eigenvalue weighted by Gasteiger charge is -2.25. The summed E-state index contributed by atoms with van der Waals surface area (Å²) >= 11 is 5.94. The Kier molecular flexibility index (Phi) is 4.15. The number of nitrogens with zero attached hydrogens (tertiary/aromatic N) is 1. The quantitative estimate of drug-likeness (QED) is 0.774. The van der Waals surface area contributed by atoms with Gasteiger partial charge in [0.05, 0.1) is 19.8 Å². The van der Waals surface area contributed by atoms with Gasteiger partial charge in [-0.25, -0.2) is 0 Å². The largest absolute Gasteiger partial charge is 0.379 e. The first-order valence-electron chi connectivity index (χ1n) is 5.76. The SMILES string of the molecule is Cc1cc(C(=O)CN2CCOCC2)ccc1Cl. The number of Topliss-reactive ketones (excluding diaryl/α,β-unsaturated/α-hetero) is 1. The van der Waals surface area contributed by atoms with Crippen molar-refractivity contribution >= 4 is 17.4 Å². The second kappa shape index (κ2) is 5.63. The minimum Gasteiger partial charge on any atom is -0.379 e. The summed E-state index contributed by atoms with van der Waals surface area (Å²) in [5.41, 5.74) is 1.68. The molecule has 3 nitrogen and oxygen atoms in total. The maximum atomic E-state index is 12.1. The Bertz CT molecular complexity index is 414. The number of aryl methyl sites for hydroxylation is 1. The van der Waals surface area contributed by atoms with Crippen LogP contribution in [0.15, 0.2) is 18.2 Å². The van der Waals surface area contributed by atoms with E-state index < -0.39 is 0 Å². The lowest BCUT2D eigenvalue weighted by molar-refractivity contribution is 0.0371. The van der Waals surface area contributed by atoms with Crippen molar-refractivity contribution in [3.63, 3.8) is 0 Å². The first-order valence-corrected chi connectivity index (χ1v) is 6.14. The number of hydrogen-bond acceptors (Lipinski definition) is 3. The molecular formula is C13H16ClNO2. The third kappa shape index (κ3) is 3.28. The van der Waals surface area contributed by atoms with Crippen molar-refractivity contribution in [2.75, 3.05) is 32.8 Å². The van der Waals surface area contributed by atoms with E-state index in [0.29, 0.717) is 24.8 Å². The van der Waals surface area contributed by atoms with Crippen LogP contribution in [0.25, 0.3) is 0 Å². The van der Waals surface area contributed by atoms with Gasteiger partial charge in [-0.2, -0.15) is 0 Å². The fraction of sp³-hybridized carbons (Fsp3) is 0.462. The number of hydrogen-bond donors (Lipinski definition) is 0. The van der Waals surface area contributed by atoms with Crippen LogP contribution in [-0.2, 0) is 4.74 Å². The second-order valence-corrected chi connectivity index (χ2v) is 4.68. The van der Waals surface area contributed by atoms with E-state index in [9.17, 15) is 4.79 Å². The highest BCUT2D eigenvalue weighted by Crippen LogP contribution is 2.16. The maximum absolute atomic E-state index is 12.1. The zero-order valence-electron chi connectivity index (χ0n) is 9.91. The minimum absolute atomic E-state index is 0.145. The van der Waals surface area contributed by atoms with E-state index in [1.807, 2.05) is 13.0 Å². The predicted molar refractivity (Wildman–Crippen MR) is 67.8 cm³/mol. The normalized spacial score (nSPS) is 17.1. The van der Waals surface area contributed by atoms with E-state index in [0.717, 1.165) is 24.2 Å². The average molecular weight is 254 g/mol. The molecule has 1 aromatic rings. The Labute approximate surface area is 106 Å². The van der Waals surface area contributed by atoms with Gasteiger partial charge in [0.15, 0.2) is 5.78 Å². The Hall–Kier alpha value is -0.900. The monoisotopic (exact) mass is 253 g/mol. The zero-order valence-corrected chi connectivity index (χ0v) is 10.7. The van der Waals surface area contributed by atoms with Crippen LogP contribution >= 0.6 is 11.6 Å². The number of rotatable bonds is 3. The summed E-state index contributed by atoms with van der Waals surface area (Å²) in [6.07, 6.45) is 0. The first kappa shape index (κ1) is 12.6. The molecule has 1 saturated heterocycles. The number of carbonyl (C=O) groups is 1. The molecular weight excluding hydrogens is 238 g/mol. The molecule has 0 saturated carbocycles. The van der Waals surface area contributed by atoms with Gasteiger partial charge in [-0.3, -0.25) is 9.69 Å². The summed E-state index contributed by atoms with van der Waals surface area (Å²) in [5, 5.41) is 0.702. The Morgan fingerprint density at radius 2 is 2.12 bits per heavy atom. The molecule has 1 heterocycles. The molecule has 0 N–H and O–H groups in total. The summed E-state index contributed by atoms with van der Waals surface area (Å²) < 4.78 is 5.25. The van der Waals surface area contributed by atoms with Crippen LogP contribution in [0.1, 0.15) is 15.9 Å². The van der Waals surface area contributed by atoms with Gasteiger partial charge < -0.3 is 4.74 Å². The smallest absolute Gasteiger partial charge is 0.176 e. The molecule has 1 aromatic carbocycles. The number of benzene rings is 1. The van der Waals surface area contributed by atoms with Crippen molar-refractivity contribution in [1.82, 2.24) is 4.90 Å². The van der Waals surface area contributed by atoms with Gasteiger partial charge in [-0.15, -0.1) is 0 Å². The molecule has 0 unspecified atom stereocenters. The molecule has 17 heavy (non-hydrogen) atoms. The third-order valence-electron chi connectivity index (χ3n) is 2.95. The van der Waals surface area contributed by atoms with Crippen molar-refractivity contribution in [3.8, 4) is 0 Å². The Morgan fingerprint density at radius 3 is 2.76 bits per heavy atom. The van der Waals surface area contributed by atoms with Crippen LogP contribution in [0, 0.1) is 6.92 Å². The number of ketones is 1. The van der Waals surface area contributed by atoms with Crippen LogP contribution in [-0.4, -0.2) is 43.5 Å². The van der Waals surface area contributed by atoms with Gasteiger partial charge in [0.2, 0.25) is 0 Å². The molecule has 0 aliphatic carbocycles. The fourth-order valence-electron chi connectivity index (χ4n) is 1.87. The second-order valence-electron chi connectivity index (χ2n) is 4.28. The zero-order chi connectivity index (χ0) is 12.3. The maximum Gasteiger partial charge on any atom is 0.176 e. The highest BCUT2D eigenvalue weighted by Gasteiger charge is 2.15. The van der Waals surface area contributed by atoms with E-state index in [2.05, 4.69) is 4.90 Å². The molecule has 1 fully saturated rings. The lowest BCUT2D eigenvalue weighted by Crippen LogP contribution is -2.39. The highest BCUT2D eigenvalue weighted by atomic mass is 35.5. The summed E-state index contributed by atoms with van der Waals surface area (Å²) in [6, 6.07) is 5.42. The van der Waals surface area contributed by atoms with Crippen LogP contribution in [0.3, 0.4) is 0 Å². The number of ether oxygens (including phenoxy) is 1. The van der Waals surface area contributed by atoms with Crippen LogP contribution in [0.2, 0.25) is 5.02 Å². The van der Waals surface area contributed by atoms with E-state index in [1.54, 1.807) is 12.1 Å². The Morgan fingerprint density at radius 1 is 1.41 bits per heavy atom. The molecule has 0 radical (unpaired) electrons.